The molecular weight excluding hydrogens is 452 g/mol. The first-order chi connectivity index (χ1) is 15.9. The Balaban J connectivity index is 0.00000187. The number of carbonyl (C=O) groups excluding carboxylic acids is 1. The largest absolute Gasteiger partial charge is 0.390 e. The van der Waals surface area contributed by atoms with Crippen molar-refractivity contribution in [2.75, 3.05) is 20.1 Å². The van der Waals surface area contributed by atoms with Crippen molar-refractivity contribution < 1.29 is 14.5 Å². The maximum absolute atomic E-state index is 10.7. The third-order valence-corrected chi connectivity index (χ3v) is 7.03. The van der Waals surface area contributed by atoms with E-state index in [-0.39, 0.29) is 5.54 Å². The van der Waals surface area contributed by atoms with Gasteiger partial charge in [0, 0.05) is 29.9 Å². The van der Waals surface area contributed by atoms with Crippen molar-refractivity contribution >= 4 is 31.1 Å². The molecule has 0 heterocycles. The molecule has 1 atom stereocenters. The van der Waals surface area contributed by atoms with Crippen LogP contribution in [-0.2, 0) is 24.1 Å². The average Bonchev–Trinajstić information content (AvgIpc) is 3.20. The zero-order valence-electron chi connectivity index (χ0n) is 19.9. The lowest BCUT2D eigenvalue weighted by molar-refractivity contribution is -0.107. The molecule has 0 radical (unpaired) electrons. The minimum Gasteiger partial charge on any atom is -0.390 e. The van der Waals surface area contributed by atoms with Gasteiger partial charge in [0.2, 0.25) is 0 Å². The first kappa shape index (κ1) is 27.9. The number of aliphatic hydroxyl groups excluding tert-OH is 1. The second kappa shape index (κ2) is 14.1. The van der Waals surface area contributed by atoms with Crippen LogP contribution in [0.4, 0.5) is 0 Å². The van der Waals surface area contributed by atoms with Gasteiger partial charge in [-0.2, -0.15) is 0 Å². The Morgan fingerprint density at radius 3 is 2.39 bits per heavy atom. The van der Waals surface area contributed by atoms with Crippen molar-refractivity contribution in [1.82, 2.24) is 9.62 Å². The number of β-amino-alcohol motifs (C(OH)–C–C–N with tert-alkyl or cyclic N) is 1. The second-order valence-electron chi connectivity index (χ2n) is 9.38. The summed E-state index contributed by atoms with van der Waals surface area (Å²) < 4.78 is 8.77. The van der Waals surface area contributed by atoms with Crippen molar-refractivity contribution in [2.45, 2.75) is 62.5 Å². The minimum absolute atomic E-state index is 0.0131. The first-order valence-electron chi connectivity index (χ1n) is 11.5. The van der Waals surface area contributed by atoms with E-state index in [1.54, 1.807) is 11.9 Å². The molecular formula is C26H38N2O3S2. The van der Waals surface area contributed by atoms with Crippen molar-refractivity contribution in [1.29, 1.82) is 0 Å². The summed E-state index contributed by atoms with van der Waals surface area (Å²) in [5.74, 6) is 0.665. The monoisotopic (exact) mass is 490 g/mol. The van der Waals surface area contributed by atoms with Gasteiger partial charge in [-0.1, -0.05) is 42.5 Å². The lowest BCUT2D eigenvalue weighted by Crippen LogP contribution is -2.46. The maximum Gasteiger partial charge on any atom is 0.120 e. The van der Waals surface area contributed by atoms with Gasteiger partial charge in [-0.15, -0.1) is 0 Å². The number of fused-ring (bicyclic) bond motifs is 1. The third-order valence-electron chi connectivity index (χ3n) is 5.98. The van der Waals surface area contributed by atoms with Crippen molar-refractivity contribution in [2.24, 2.45) is 5.92 Å². The zero-order valence-corrected chi connectivity index (χ0v) is 21.6. The first-order valence-corrected chi connectivity index (χ1v) is 12.6. The van der Waals surface area contributed by atoms with E-state index in [9.17, 15) is 9.90 Å². The molecule has 0 aromatic heterocycles. The van der Waals surface area contributed by atoms with Crippen LogP contribution >= 0.6 is 24.9 Å². The standard InChI is InChI=1S/C26H36N2O2S.H2OS/c1-26(2,17-20-15-22-10-4-5-11-23(22)16-20)27-18-24(30)19-28(3)31-25-13-7-6-9-21(25)12-8-14-29;1-2/h4-7,9-11,13-14,20,24,27,30H,8,12,15-19H2,1-3H3;1-2H. The summed E-state index contributed by atoms with van der Waals surface area (Å²) in [6.45, 7) is 5.63. The number of aliphatic hydroxyl groups is 1. The molecule has 3 rings (SSSR count). The summed E-state index contributed by atoms with van der Waals surface area (Å²) in [5, 5.41) is 14.2. The minimum atomic E-state index is -0.445. The van der Waals surface area contributed by atoms with Crippen LogP contribution in [0.25, 0.3) is 0 Å². The lowest BCUT2D eigenvalue weighted by Gasteiger charge is -2.31. The fourth-order valence-corrected chi connectivity index (χ4v) is 5.57. The summed E-state index contributed by atoms with van der Waals surface area (Å²) in [4.78, 5) is 11.9. The fraction of sp³-hybridized carbons (Fsp3) is 0.500. The van der Waals surface area contributed by atoms with Crippen LogP contribution in [-0.4, -0.2) is 52.0 Å². The highest BCUT2D eigenvalue weighted by Gasteiger charge is 2.28. The van der Waals surface area contributed by atoms with Crippen LogP contribution in [0.3, 0.4) is 0 Å². The number of thiol groups is 1. The van der Waals surface area contributed by atoms with Gasteiger partial charge in [0.25, 0.3) is 0 Å². The molecule has 0 fully saturated rings. The van der Waals surface area contributed by atoms with Gasteiger partial charge >= 0.3 is 0 Å². The van der Waals surface area contributed by atoms with Gasteiger partial charge in [0.1, 0.15) is 6.29 Å². The Hall–Kier alpha value is -1.35. The normalized spacial score (nSPS) is 14.5. The third kappa shape index (κ3) is 9.43. The molecule has 2 aromatic carbocycles. The molecule has 1 aliphatic rings. The molecule has 0 amide bonds. The zero-order chi connectivity index (χ0) is 24.3. The SMILES string of the molecule is CN(CC(O)CNC(C)(C)CC1Cc2ccccc2C1)Sc1ccccc1CCC=O.OS. The molecule has 5 nitrogen and oxygen atoms in total. The van der Waals surface area contributed by atoms with E-state index in [0.29, 0.717) is 25.4 Å². The van der Waals surface area contributed by atoms with Gasteiger partial charge in [0.05, 0.1) is 6.10 Å². The summed E-state index contributed by atoms with van der Waals surface area (Å²) >= 11 is 4.16. The number of rotatable bonds is 12. The van der Waals surface area contributed by atoms with E-state index in [1.165, 1.54) is 16.7 Å². The summed E-state index contributed by atoms with van der Waals surface area (Å²) in [6.07, 6.45) is 5.23. The number of aldehydes is 1. The lowest BCUT2D eigenvalue weighted by atomic mass is 9.88. The van der Waals surface area contributed by atoms with Crippen LogP contribution < -0.4 is 5.32 Å². The molecule has 0 spiro atoms. The molecule has 0 saturated carbocycles. The Bertz CT molecular complexity index is 838. The second-order valence-corrected chi connectivity index (χ2v) is 10.6. The molecule has 7 heteroatoms. The molecule has 182 valence electrons. The number of nitrogens with one attached hydrogen (secondary N) is 1. The molecule has 1 aliphatic carbocycles. The topological polar surface area (TPSA) is 72.8 Å². The van der Waals surface area contributed by atoms with E-state index in [4.69, 9.17) is 4.55 Å². The van der Waals surface area contributed by atoms with Crippen molar-refractivity contribution in [3.8, 4) is 0 Å². The molecule has 0 bridgehead atoms. The predicted molar refractivity (Wildman–Crippen MR) is 141 cm³/mol. The van der Waals surface area contributed by atoms with Gasteiger partial charge in [0.15, 0.2) is 0 Å². The van der Waals surface area contributed by atoms with E-state index >= 15 is 0 Å². The Morgan fingerprint density at radius 1 is 1.15 bits per heavy atom. The average molecular weight is 491 g/mol. The van der Waals surface area contributed by atoms with Crippen LogP contribution in [0, 0.1) is 5.92 Å². The molecule has 0 saturated heterocycles. The Labute approximate surface area is 208 Å². The number of likely N-dealkylation sites (N-methyl/N-ethyl adjacent to an activating group) is 1. The smallest absolute Gasteiger partial charge is 0.120 e. The van der Waals surface area contributed by atoms with E-state index in [0.717, 1.165) is 36.9 Å². The number of benzene rings is 2. The Morgan fingerprint density at radius 2 is 1.76 bits per heavy atom. The fourth-order valence-electron chi connectivity index (χ4n) is 4.56. The van der Waals surface area contributed by atoms with Gasteiger partial charge in [-0.05, 0) is 100 Å². The molecule has 3 N–H and O–H groups in total. The van der Waals surface area contributed by atoms with Crippen LogP contribution in [0.15, 0.2) is 53.4 Å². The van der Waals surface area contributed by atoms with Crippen LogP contribution in [0.2, 0.25) is 0 Å². The quantitative estimate of drug-likeness (QED) is 0.150. The predicted octanol–water partition coefficient (Wildman–Crippen LogP) is 4.68. The molecule has 0 aliphatic heterocycles. The number of hydrogen-bond donors (Lipinski definition) is 4. The van der Waals surface area contributed by atoms with Gasteiger partial charge in [-0.3, -0.25) is 0 Å². The van der Waals surface area contributed by atoms with Crippen LogP contribution in [0.5, 0.6) is 0 Å². The number of nitrogens with zero attached hydrogens (tertiary/aromatic N) is 1. The van der Waals surface area contributed by atoms with Crippen molar-refractivity contribution in [3.63, 3.8) is 0 Å². The number of carbonyl (C=O) groups is 1. The van der Waals surface area contributed by atoms with Gasteiger partial charge in [-0.25, -0.2) is 4.31 Å². The number of aryl methyl sites for hydroxylation is 1. The summed E-state index contributed by atoms with van der Waals surface area (Å²) in [7, 11) is 2.01. The molecule has 1 unspecified atom stereocenters. The van der Waals surface area contributed by atoms with E-state index in [2.05, 4.69) is 72.8 Å². The number of hydrogen-bond acceptors (Lipinski definition) is 7. The highest BCUT2D eigenvalue weighted by atomic mass is 32.2. The molecule has 33 heavy (non-hydrogen) atoms. The van der Waals surface area contributed by atoms with E-state index in [1.807, 2.05) is 19.2 Å². The summed E-state index contributed by atoms with van der Waals surface area (Å²) in [6, 6.07) is 17.0. The van der Waals surface area contributed by atoms with Crippen LogP contribution in [0.1, 0.15) is 43.4 Å². The highest BCUT2D eigenvalue weighted by Crippen LogP contribution is 2.32. The maximum atomic E-state index is 10.7. The summed E-state index contributed by atoms with van der Waals surface area (Å²) in [5.41, 5.74) is 4.16. The molecule has 2 aromatic rings. The van der Waals surface area contributed by atoms with E-state index < -0.39 is 6.10 Å². The van der Waals surface area contributed by atoms with Crippen molar-refractivity contribution in [3.05, 3.63) is 65.2 Å². The highest BCUT2D eigenvalue weighted by molar-refractivity contribution is 7.97. The Kier molecular flexibility index (Phi) is 12.0. The van der Waals surface area contributed by atoms with Gasteiger partial charge < -0.3 is 19.8 Å².